The number of aromatic nitrogens is 3. The molecule has 5 aromatic rings. The molecular formula is C31H26F3N5O2. The number of carbonyl (C=O) groups is 1. The van der Waals surface area contributed by atoms with Crippen LogP contribution in [0.15, 0.2) is 85.3 Å². The van der Waals surface area contributed by atoms with Gasteiger partial charge in [-0.05, 0) is 66.1 Å². The van der Waals surface area contributed by atoms with Crippen molar-refractivity contribution in [3.8, 4) is 16.9 Å². The first-order valence-electron chi connectivity index (χ1n) is 12.7. The average molecular weight is 558 g/mol. The monoisotopic (exact) mass is 557 g/mol. The molecule has 2 aromatic carbocycles. The molecule has 0 aliphatic heterocycles. The molecule has 1 N–H and O–H groups in total. The number of nitrogens with one attached hydrogen (secondary N) is 1. The molecule has 0 spiro atoms. The fraction of sp³-hybridized carbons (Fsp3) is 0.161. The number of hydrogen-bond donors (Lipinski definition) is 1. The number of anilines is 2. The van der Waals surface area contributed by atoms with E-state index in [4.69, 9.17) is 4.74 Å². The molecule has 0 aliphatic rings. The molecule has 41 heavy (non-hydrogen) atoms. The van der Waals surface area contributed by atoms with E-state index in [9.17, 15) is 18.0 Å². The molecule has 1 amide bonds. The van der Waals surface area contributed by atoms with Crippen LogP contribution < -0.4 is 15.0 Å². The third kappa shape index (κ3) is 6.27. The van der Waals surface area contributed by atoms with Crippen LogP contribution in [0.4, 0.5) is 24.7 Å². The van der Waals surface area contributed by atoms with E-state index in [0.717, 1.165) is 57.0 Å². The Bertz CT molecular complexity index is 1720. The molecule has 7 nitrogen and oxygen atoms in total. The zero-order valence-corrected chi connectivity index (χ0v) is 22.5. The smallest absolute Gasteiger partial charge is 0.433 e. The molecule has 0 saturated carbocycles. The molecule has 0 bridgehead atoms. The Morgan fingerprint density at radius 2 is 1.73 bits per heavy atom. The Morgan fingerprint density at radius 3 is 2.46 bits per heavy atom. The molecule has 0 aliphatic carbocycles. The number of carbonyl (C=O) groups excluding carboxylic acids is 1. The van der Waals surface area contributed by atoms with Gasteiger partial charge in [-0.3, -0.25) is 14.8 Å². The van der Waals surface area contributed by atoms with E-state index in [2.05, 4.69) is 20.3 Å². The van der Waals surface area contributed by atoms with Gasteiger partial charge in [-0.25, -0.2) is 4.98 Å². The van der Waals surface area contributed by atoms with Gasteiger partial charge in [0.05, 0.1) is 12.6 Å². The van der Waals surface area contributed by atoms with Crippen LogP contribution >= 0.6 is 0 Å². The van der Waals surface area contributed by atoms with Gasteiger partial charge in [0.1, 0.15) is 17.3 Å². The maximum atomic E-state index is 13.0. The van der Waals surface area contributed by atoms with E-state index in [1.165, 1.54) is 6.07 Å². The van der Waals surface area contributed by atoms with Crippen molar-refractivity contribution in [2.75, 3.05) is 24.4 Å². The summed E-state index contributed by atoms with van der Waals surface area (Å²) >= 11 is 0. The van der Waals surface area contributed by atoms with E-state index >= 15 is 0 Å². The average Bonchev–Trinajstić information content (AvgIpc) is 2.97. The quantitative estimate of drug-likeness (QED) is 0.234. The van der Waals surface area contributed by atoms with Crippen LogP contribution in [0.2, 0.25) is 0 Å². The zero-order valence-electron chi connectivity index (χ0n) is 22.5. The number of aryl methyl sites for hydroxylation is 1. The van der Waals surface area contributed by atoms with Crippen molar-refractivity contribution in [3.63, 3.8) is 0 Å². The number of benzene rings is 2. The Kier molecular flexibility index (Phi) is 7.56. The van der Waals surface area contributed by atoms with Crippen molar-refractivity contribution in [3.05, 3.63) is 108 Å². The van der Waals surface area contributed by atoms with E-state index < -0.39 is 17.8 Å². The van der Waals surface area contributed by atoms with Gasteiger partial charge < -0.3 is 15.0 Å². The molecular weight excluding hydrogens is 531 g/mol. The van der Waals surface area contributed by atoms with Crippen LogP contribution in [0.3, 0.4) is 0 Å². The lowest BCUT2D eigenvalue weighted by molar-refractivity contribution is -0.141. The van der Waals surface area contributed by atoms with Crippen LogP contribution in [-0.4, -0.2) is 35.0 Å². The third-order valence-electron chi connectivity index (χ3n) is 6.64. The van der Waals surface area contributed by atoms with Gasteiger partial charge in [-0.2, -0.15) is 13.2 Å². The maximum Gasteiger partial charge on any atom is 0.433 e. The number of alkyl halides is 3. The maximum absolute atomic E-state index is 13.0. The Hall–Kier alpha value is -4.99. The number of fused-ring (bicyclic) bond motifs is 1. The highest BCUT2D eigenvalue weighted by atomic mass is 19.4. The van der Waals surface area contributed by atoms with Crippen LogP contribution in [0, 0.1) is 6.92 Å². The second-order valence-corrected chi connectivity index (χ2v) is 9.57. The topological polar surface area (TPSA) is 80.2 Å². The molecule has 0 fully saturated rings. The highest BCUT2D eigenvalue weighted by molar-refractivity contribution is 6.04. The predicted octanol–water partition coefficient (Wildman–Crippen LogP) is 6.92. The fourth-order valence-electron chi connectivity index (χ4n) is 4.39. The molecule has 208 valence electrons. The van der Waals surface area contributed by atoms with Gasteiger partial charge in [0.2, 0.25) is 0 Å². The second-order valence-electron chi connectivity index (χ2n) is 9.57. The molecule has 0 radical (unpaired) electrons. The molecule has 0 saturated heterocycles. The third-order valence-corrected chi connectivity index (χ3v) is 6.64. The largest absolute Gasteiger partial charge is 0.497 e. The van der Waals surface area contributed by atoms with Crippen LogP contribution in [-0.2, 0) is 12.7 Å². The van der Waals surface area contributed by atoms with Crippen molar-refractivity contribution < 1.29 is 22.7 Å². The standard InChI is InChI=1S/C31H26F3N5O2/c1-19-4-7-24(38-30(40)21-10-11-35-28(13-21)31(32,33)34)14-26(19)22-12-23-17-37-29(15-27(23)36-16-22)39(2)18-20-5-8-25(41-3)9-6-20/h4-17H,18H2,1-3H3,(H,38,40). The number of halogens is 3. The van der Waals surface area contributed by atoms with Crippen molar-refractivity contribution in [1.82, 2.24) is 15.0 Å². The Labute approximate surface area is 234 Å². The highest BCUT2D eigenvalue weighted by Gasteiger charge is 2.33. The van der Waals surface area contributed by atoms with Crippen LogP contribution in [0.1, 0.15) is 27.2 Å². The number of pyridine rings is 3. The van der Waals surface area contributed by atoms with E-state index in [1.54, 1.807) is 31.6 Å². The summed E-state index contributed by atoms with van der Waals surface area (Å²) in [6, 6.07) is 19.0. The highest BCUT2D eigenvalue weighted by Crippen LogP contribution is 2.30. The lowest BCUT2D eigenvalue weighted by Gasteiger charge is -2.19. The van der Waals surface area contributed by atoms with Crippen molar-refractivity contribution in [2.24, 2.45) is 0 Å². The molecule has 3 aromatic heterocycles. The predicted molar refractivity (Wildman–Crippen MR) is 152 cm³/mol. The summed E-state index contributed by atoms with van der Waals surface area (Å²) < 4.78 is 44.3. The normalized spacial score (nSPS) is 11.4. The summed E-state index contributed by atoms with van der Waals surface area (Å²) in [4.78, 5) is 27.3. The lowest BCUT2D eigenvalue weighted by Crippen LogP contribution is -2.17. The van der Waals surface area contributed by atoms with Gasteiger partial charge >= 0.3 is 6.18 Å². The number of amides is 1. The first-order chi connectivity index (χ1) is 19.6. The lowest BCUT2D eigenvalue weighted by atomic mass is 10.00. The minimum Gasteiger partial charge on any atom is -0.497 e. The molecule has 0 unspecified atom stereocenters. The van der Waals surface area contributed by atoms with E-state index in [0.29, 0.717) is 12.2 Å². The zero-order chi connectivity index (χ0) is 29.1. The first kappa shape index (κ1) is 27.6. The SMILES string of the molecule is COc1ccc(CN(C)c2cc3ncc(-c4cc(NC(=O)c5ccnc(C(F)(F)F)c5)ccc4C)cc3cn2)cc1. The number of rotatable bonds is 7. The van der Waals surface area contributed by atoms with E-state index in [1.807, 2.05) is 61.3 Å². The second kappa shape index (κ2) is 11.2. The summed E-state index contributed by atoms with van der Waals surface area (Å²) in [6.45, 7) is 2.59. The van der Waals surface area contributed by atoms with Crippen molar-refractivity contribution >= 4 is 28.3 Å². The van der Waals surface area contributed by atoms with Gasteiger partial charge in [-0.15, -0.1) is 0 Å². The van der Waals surface area contributed by atoms with Crippen LogP contribution in [0.5, 0.6) is 5.75 Å². The number of hydrogen-bond acceptors (Lipinski definition) is 6. The number of nitrogens with zero attached hydrogens (tertiary/aromatic N) is 4. The summed E-state index contributed by atoms with van der Waals surface area (Å²) in [5.41, 5.74) is 3.65. The number of methoxy groups -OCH3 is 1. The van der Waals surface area contributed by atoms with Crippen molar-refractivity contribution in [2.45, 2.75) is 19.6 Å². The van der Waals surface area contributed by atoms with Gasteiger partial charge in [0, 0.05) is 60.4 Å². The summed E-state index contributed by atoms with van der Waals surface area (Å²) in [5, 5.41) is 3.52. The summed E-state index contributed by atoms with van der Waals surface area (Å²) in [5.74, 6) is 0.913. The van der Waals surface area contributed by atoms with Gasteiger partial charge in [-0.1, -0.05) is 18.2 Å². The van der Waals surface area contributed by atoms with Crippen LogP contribution in [0.25, 0.3) is 22.0 Å². The summed E-state index contributed by atoms with van der Waals surface area (Å²) in [6.07, 6.45) is -0.149. The fourth-order valence-corrected chi connectivity index (χ4v) is 4.39. The molecule has 5 rings (SSSR count). The Balaban J connectivity index is 1.35. The Morgan fingerprint density at radius 1 is 0.951 bits per heavy atom. The molecule has 10 heteroatoms. The minimum absolute atomic E-state index is 0.138. The first-order valence-corrected chi connectivity index (χ1v) is 12.7. The van der Waals surface area contributed by atoms with E-state index in [-0.39, 0.29) is 5.56 Å². The molecule has 3 heterocycles. The number of ether oxygens (including phenoxy) is 1. The van der Waals surface area contributed by atoms with Crippen molar-refractivity contribution in [1.29, 1.82) is 0 Å². The molecule has 0 atom stereocenters. The minimum atomic E-state index is -4.64. The summed E-state index contributed by atoms with van der Waals surface area (Å²) in [7, 11) is 3.60. The van der Waals surface area contributed by atoms with Gasteiger partial charge in [0.15, 0.2) is 0 Å². The van der Waals surface area contributed by atoms with Gasteiger partial charge in [0.25, 0.3) is 5.91 Å².